The third kappa shape index (κ3) is 2.98. The maximum absolute atomic E-state index is 4.21. The molecule has 0 radical (unpaired) electrons. The Labute approximate surface area is 115 Å². The Hall–Kier alpha value is -1.62. The molecule has 0 amide bonds. The molecule has 0 spiro atoms. The van der Waals surface area contributed by atoms with Crippen LogP contribution in [0.5, 0.6) is 0 Å². The van der Waals surface area contributed by atoms with E-state index >= 15 is 0 Å². The molecule has 0 saturated heterocycles. The molecule has 94 valence electrons. The highest BCUT2D eigenvalue weighted by Crippen LogP contribution is 2.23. The van der Waals surface area contributed by atoms with Gasteiger partial charge in [0.15, 0.2) is 0 Å². The van der Waals surface area contributed by atoms with E-state index in [1.54, 1.807) is 6.33 Å². The Morgan fingerprint density at radius 1 is 1.17 bits per heavy atom. The summed E-state index contributed by atoms with van der Waals surface area (Å²) in [7, 11) is 3.91. The highest BCUT2D eigenvalue weighted by Gasteiger charge is 2.02. The maximum atomic E-state index is 4.21. The van der Waals surface area contributed by atoms with E-state index < -0.39 is 0 Å². The van der Waals surface area contributed by atoms with Crippen LogP contribution in [0.15, 0.2) is 35.1 Å². The molecule has 2 rings (SSSR count). The number of aromatic nitrogens is 2. The number of halogens is 1. The fraction of sp³-hybridized carbons (Fsp3) is 0.231. The van der Waals surface area contributed by atoms with Gasteiger partial charge in [-0.3, -0.25) is 0 Å². The van der Waals surface area contributed by atoms with Crippen LogP contribution >= 0.6 is 15.9 Å². The predicted molar refractivity (Wildman–Crippen MR) is 78.5 cm³/mol. The van der Waals surface area contributed by atoms with Gasteiger partial charge in [-0.25, -0.2) is 9.97 Å². The number of benzene rings is 1. The highest BCUT2D eigenvalue weighted by atomic mass is 79.9. The molecule has 18 heavy (non-hydrogen) atoms. The third-order valence-electron chi connectivity index (χ3n) is 2.54. The van der Waals surface area contributed by atoms with Crippen molar-refractivity contribution in [3.05, 3.63) is 40.6 Å². The molecule has 0 bridgehead atoms. The number of nitrogens with zero attached hydrogens (tertiary/aromatic N) is 3. The molecule has 0 atom stereocenters. The molecule has 1 aromatic heterocycles. The van der Waals surface area contributed by atoms with Gasteiger partial charge in [-0.15, -0.1) is 0 Å². The van der Waals surface area contributed by atoms with Gasteiger partial charge in [-0.05, 0) is 30.7 Å². The van der Waals surface area contributed by atoms with Crippen molar-refractivity contribution in [2.75, 3.05) is 24.3 Å². The first-order valence-electron chi connectivity index (χ1n) is 5.59. The van der Waals surface area contributed by atoms with Crippen molar-refractivity contribution in [1.82, 2.24) is 9.97 Å². The first kappa shape index (κ1) is 12.8. The molecule has 1 aromatic carbocycles. The van der Waals surface area contributed by atoms with Crippen molar-refractivity contribution >= 4 is 33.3 Å². The van der Waals surface area contributed by atoms with Gasteiger partial charge in [0, 0.05) is 30.3 Å². The summed E-state index contributed by atoms with van der Waals surface area (Å²) in [4.78, 5) is 10.3. The summed E-state index contributed by atoms with van der Waals surface area (Å²) in [6, 6.07) is 8.01. The summed E-state index contributed by atoms with van der Waals surface area (Å²) in [6.07, 6.45) is 1.56. The molecule has 1 N–H and O–H groups in total. The minimum atomic E-state index is 0.787. The van der Waals surface area contributed by atoms with Crippen molar-refractivity contribution in [3.63, 3.8) is 0 Å². The van der Waals surface area contributed by atoms with E-state index in [1.165, 1.54) is 5.56 Å². The van der Waals surface area contributed by atoms with E-state index in [-0.39, 0.29) is 0 Å². The number of anilines is 3. The van der Waals surface area contributed by atoms with Crippen LogP contribution < -0.4 is 10.2 Å². The minimum Gasteiger partial charge on any atom is -0.363 e. The third-order valence-corrected chi connectivity index (χ3v) is 3.43. The lowest BCUT2D eigenvalue weighted by molar-refractivity contribution is 1.04. The summed E-state index contributed by atoms with van der Waals surface area (Å²) in [5.74, 6) is 1.66. The van der Waals surface area contributed by atoms with E-state index in [4.69, 9.17) is 0 Å². The van der Waals surface area contributed by atoms with Crippen LogP contribution in [0.4, 0.5) is 17.3 Å². The topological polar surface area (TPSA) is 41.0 Å². The van der Waals surface area contributed by atoms with Crippen molar-refractivity contribution in [3.8, 4) is 0 Å². The van der Waals surface area contributed by atoms with E-state index in [1.807, 2.05) is 37.2 Å². The molecule has 1 heterocycles. The smallest absolute Gasteiger partial charge is 0.135 e. The number of rotatable bonds is 3. The number of hydrogen-bond donors (Lipinski definition) is 1. The fourth-order valence-electron chi connectivity index (χ4n) is 1.53. The molecule has 2 aromatic rings. The average molecular weight is 307 g/mol. The lowest BCUT2D eigenvalue weighted by Crippen LogP contribution is -2.11. The summed E-state index contributed by atoms with van der Waals surface area (Å²) in [6.45, 7) is 2.06. The lowest BCUT2D eigenvalue weighted by atomic mass is 10.2. The summed E-state index contributed by atoms with van der Waals surface area (Å²) < 4.78 is 1.10. The van der Waals surface area contributed by atoms with Crippen LogP contribution in [0, 0.1) is 6.92 Å². The quantitative estimate of drug-likeness (QED) is 0.944. The summed E-state index contributed by atoms with van der Waals surface area (Å²) in [5.41, 5.74) is 2.20. The number of nitrogens with one attached hydrogen (secondary N) is 1. The summed E-state index contributed by atoms with van der Waals surface area (Å²) in [5, 5.41) is 3.27. The van der Waals surface area contributed by atoms with Gasteiger partial charge in [-0.1, -0.05) is 15.9 Å². The second kappa shape index (κ2) is 5.35. The SMILES string of the molecule is Cc1cc(Nc2cc(N(C)C)ncn2)ccc1Br. The Morgan fingerprint density at radius 2 is 1.94 bits per heavy atom. The first-order chi connectivity index (χ1) is 8.56. The Morgan fingerprint density at radius 3 is 2.61 bits per heavy atom. The highest BCUT2D eigenvalue weighted by molar-refractivity contribution is 9.10. The van der Waals surface area contributed by atoms with Crippen LogP contribution in [0.25, 0.3) is 0 Å². The monoisotopic (exact) mass is 306 g/mol. The van der Waals surface area contributed by atoms with Crippen LogP contribution in [0.1, 0.15) is 5.56 Å². The van der Waals surface area contributed by atoms with E-state index in [9.17, 15) is 0 Å². The lowest BCUT2D eigenvalue weighted by Gasteiger charge is -2.12. The normalized spacial score (nSPS) is 10.2. The zero-order valence-corrected chi connectivity index (χ0v) is 12.2. The van der Waals surface area contributed by atoms with Gasteiger partial charge in [0.25, 0.3) is 0 Å². The zero-order valence-electron chi connectivity index (χ0n) is 10.6. The van der Waals surface area contributed by atoms with E-state index in [0.717, 1.165) is 21.8 Å². The Balaban J connectivity index is 2.23. The van der Waals surface area contributed by atoms with Crippen molar-refractivity contribution in [1.29, 1.82) is 0 Å². The van der Waals surface area contributed by atoms with Gasteiger partial charge in [0.1, 0.15) is 18.0 Å². The van der Waals surface area contributed by atoms with Gasteiger partial charge in [0.05, 0.1) is 0 Å². The molecule has 0 unspecified atom stereocenters. The van der Waals surface area contributed by atoms with Gasteiger partial charge >= 0.3 is 0 Å². The molecule has 0 saturated carbocycles. The minimum absolute atomic E-state index is 0.787. The molecular formula is C13H15BrN4. The predicted octanol–water partition coefficient (Wildman–Crippen LogP) is 3.36. The molecule has 0 aliphatic carbocycles. The van der Waals surface area contributed by atoms with Crippen molar-refractivity contribution in [2.24, 2.45) is 0 Å². The second-order valence-electron chi connectivity index (χ2n) is 4.24. The van der Waals surface area contributed by atoms with E-state index in [2.05, 4.69) is 44.2 Å². The number of hydrogen-bond acceptors (Lipinski definition) is 4. The van der Waals surface area contributed by atoms with Crippen LogP contribution in [0.3, 0.4) is 0 Å². The Bertz CT molecular complexity index is 554. The second-order valence-corrected chi connectivity index (χ2v) is 5.10. The first-order valence-corrected chi connectivity index (χ1v) is 6.38. The summed E-state index contributed by atoms with van der Waals surface area (Å²) >= 11 is 3.49. The molecule has 5 heteroatoms. The standard InChI is InChI=1S/C13H15BrN4/c1-9-6-10(4-5-11(9)14)17-12-7-13(18(2)3)16-8-15-12/h4-8H,1-3H3,(H,15,16,17). The molecule has 0 aliphatic heterocycles. The van der Waals surface area contributed by atoms with Crippen LogP contribution in [-0.4, -0.2) is 24.1 Å². The zero-order chi connectivity index (χ0) is 13.1. The van der Waals surface area contributed by atoms with Gasteiger partial charge < -0.3 is 10.2 Å². The molecular weight excluding hydrogens is 292 g/mol. The van der Waals surface area contributed by atoms with Gasteiger partial charge in [-0.2, -0.15) is 0 Å². The van der Waals surface area contributed by atoms with Crippen LogP contribution in [0.2, 0.25) is 0 Å². The van der Waals surface area contributed by atoms with E-state index in [0.29, 0.717) is 0 Å². The van der Waals surface area contributed by atoms with Crippen molar-refractivity contribution in [2.45, 2.75) is 6.92 Å². The number of aryl methyl sites for hydroxylation is 1. The Kier molecular flexibility index (Phi) is 3.81. The molecule has 4 nitrogen and oxygen atoms in total. The average Bonchev–Trinajstić information content (AvgIpc) is 2.34. The maximum Gasteiger partial charge on any atom is 0.135 e. The van der Waals surface area contributed by atoms with Crippen molar-refractivity contribution < 1.29 is 0 Å². The van der Waals surface area contributed by atoms with Gasteiger partial charge in [0.2, 0.25) is 0 Å². The van der Waals surface area contributed by atoms with Crippen LogP contribution in [-0.2, 0) is 0 Å². The fourth-order valence-corrected chi connectivity index (χ4v) is 1.78. The molecule has 0 aliphatic rings. The molecule has 0 fully saturated rings. The largest absolute Gasteiger partial charge is 0.363 e.